The van der Waals surface area contributed by atoms with Crippen LogP contribution in [0.5, 0.6) is 5.75 Å². The summed E-state index contributed by atoms with van der Waals surface area (Å²) in [6.45, 7) is 2.07. The van der Waals surface area contributed by atoms with E-state index < -0.39 is 23.6 Å². The number of carbonyl (C=O) groups excluding carboxylic acids is 2. The van der Waals surface area contributed by atoms with Crippen molar-refractivity contribution in [2.75, 3.05) is 12.4 Å². The van der Waals surface area contributed by atoms with Crippen molar-refractivity contribution < 1.29 is 32.2 Å². The van der Waals surface area contributed by atoms with Crippen LogP contribution in [0, 0.1) is 0 Å². The number of nitrogens with zero attached hydrogens (tertiary/aromatic N) is 4. The standard InChI is InChI=1S/C19H18F3N5O4/c1-3-26-10-15(16(25-26)18(29)30-2)23-17(28)14-7-8-27(24-14)11-31-13-6-4-5-12(9-13)19(20,21)22/h4-10H,3,11H2,1-2H3,(H,23,28). The zero-order valence-corrected chi connectivity index (χ0v) is 16.5. The van der Waals surface area contributed by atoms with E-state index in [1.165, 1.54) is 47.1 Å². The van der Waals surface area contributed by atoms with Crippen molar-refractivity contribution in [1.29, 1.82) is 0 Å². The number of benzene rings is 1. The first-order chi connectivity index (χ1) is 14.7. The van der Waals surface area contributed by atoms with Gasteiger partial charge in [-0.2, -0.15) is 23.4 Å². The van der Waals surface area contributed by atoms with Crippen molar-refractivity contribution in [3.05, 3.63) is 59.7 Å². The summed E-state index contributed by atoms with van der Waals surface area (Å²) in [6, 6.07) is 5.82. The molecule has 0 atom stereocenters. The molecule has 0 radical (unpaired) electrons. The lowest BCUT2D eigenvalue weighted by atomic mass is 10.2. The predicted octanol–water partition coefficient (Wildman–Crippen LogP) is 3.19. The number of hydrogen-bond acceptors (Lipinski definition) is 6. The molecule has 164 valence electrons. The summed E-state index contributed by atoms with van der Waals surface area (Å²) >= 11 is 0. The van der Waals surface area contributed by atoms with Crippen molar-refractivity contribution in [2.24, 2.45) is 0 Å². The van der Waals surface area contributed by atoms with Crippen LogP contribution in [0.15, 0.2) is 42.7 Å². The molecule has 3 rings (SSSR count). The maximum Gasteiger partial charge on any atom is 0.416 e. The molecule has 0 aliphatic carbocycles. The van der Waals surface area contributed by atoms with Gasteiger partial charge >= 0.3 is 12.1 Å². The van der Waals surface area contributed by atoms with Crippen LogP contribution in [0.25, 0.3) is 0 Å². The van der Waals surface area contributed by atoms with Crippen molar-refractivity contribution >= 4 is 17.6 Å². The highest BCUT2D eigenvalue weighted by Gasteiger charge is 2.30. The first-order valence-electron chi connectivity index (χ1n) is 9.02. The van der Waals surface area contributed by atoms with Crippen LogP contribution in [0.3, 0.4) is 0 Å². The average Bonchev–Trinajstić information content (AvgIpc) is 3.38. The number of anilines is 1. The van der Waals surface area contributed by atoms with E-state index in [4.69, 9.17) is 4.74 Å². The van der Waals surface area contributed by atoms with Gasteiger partial charge in [0, 0.05) is 18.9 Å². The lowest BCUT2D eigenvalue weighted by Gasteiger charge is -2.10. The fraction of sp³-hybridized carbons (Fsp3) is 0.263. The first-order valence-corrected chi connectivity index (χ1v) is 9.02. The summed E-state index contributed by atoms with van der Waals surface area (Å²) in [5, 5.41) is 10.6. The van der Waals surface area contributed by atoms with Gasteiger partial charge in [-0.15, -0.1) is 0 Å². The SMILES string of the molecule is CCn1cc(NC(=O)c2ccn(COc3cccc(C(F)(F)F)c3)n2)c(C(=O)OC)n1. The lowest BCUT2D eigenvalue weighted by Crippen LogP contribution is -2.16. The predicted molar refractivity (Wildman–Crippen MR) is 101 cm³/mol. The smallest absolute Gasteiger partial charge is 0.416 e. The third-order valence-corrected chi connectivity index (χ3v) is 4.11. The number of methoxy groups -OCH3 is 1. The van der Waals surface area contributed by atoms with E-state index >= 15 is 0 Å². The summed E-state index contributed by atoms with van der Waals surface area (Å²) < 4.78 is 51.0. The Kier molecular flexibility index (Phi) is 6.28. The minimum absolute atomic E-state index is 0.00558. The van der Waals surface area contributed by atoms with E-state index in [0.29, 0.717) is 6.54 Å². The van der Waals surface area contributed by atoms with E-state index in [9.17, 15) is 22.8 Å². The number of ether oxygens (including phenoxy) is 2. The quantitative estimate of drug-likeness (QED) is 0.570. The molecule has 9 nitrogen and oxygen atoms in total. The molecule has 1 N–H and O–H groups in total. The number of esters is 1. The van der Waals surface area contributed by atoms with Gasteiger partial charge < -0.3 is 14.8 Å². The van der Waals surface area contributed by atoms with Crippen molar-refractivity contribution in [1.82, 2.24) is 19.6 Å². The molecule has 1 aromatic carbocycles. The Labute approximate surface area is 174 Å². The highest BCUT2D eigenvalue weighted by Crippen LogP contribution is 2.31. The van der Waals surface area contributed by atoms with E-state index in [0.717, 1.165) is 12.1 Å². The molecule has 31 heavy (non-hydrogen) atoms. The number of aryl methyl sites for hydroxylation is 1. The molecule has 0 unspecified atom stereocenters. The molecule has 0 saturated heterocycles. The lowest BCUT2D eigenvalue weighted by molar-refractivity contribution is -0.137. The molecule has 3 aromatic rings. The van der Waals surface area contributed by atoms with Crippen LogP contribution < -0.4 is 10.1 Å². The normalized spacial score (nSPS) is 11.3. The largest absolute Gasteiger partial charge is 0.471 e. The Hall–Kier alpha value is -3.83. The molecule has 2 aromatic heterocycles. The number of halogens is 3. The maximum atomic E-state index is 12.8. The van der Waals surface area contributed by atoms with Gasteiger partial charge in [-0.25, -0.2) is 9.48 Å². The number of hydrogen-bond donors (Lipinski definition) is 1. The minimum Gasteiger partial charge on any atom is -0.471 e. The molecule has 0 saturated carbocycles. The van der Waals surface area contributed by atoms with Gasteiger partial charge in [-0.3, -0.25) is 9.48 Å². The zero-order chi connectivity index (χ0) is 22.6. The van der Waals surface area contributed by atoms with Gasteiger partial charge in [-0.1, -0.05) is 6.07 Å². The van der Waals surface area contributed by atoms with Crippen LogP contribution in [-0.2, 0) is 24.2 Å². The monoisotopic (exact) mass is 437 g/mol. The van der Waals surface area contributed by atoms with Crippen LogP contribution in [-0.4, -0.2) is 38.5 Å². The second-order valence-electron chi connectivity index (χ2n) is 6.23. The molecule has 0 aliphatic rings. The van der Waals surface area contributed by atoms with Gasteiger partial charge in [0.2, 0.25) is 0 Å². The topological polar surface area (TPSA) is 100 Å². The second kappa shape index (κ2) is 8.90. The number of rotatable bonds is 7. The van der Waals surface area contributed by atoms with E-state index in [1.807, 2.05) is 6.92 Å². The second-order valence-corrected chi connectivity index (χ2v) is 6.23. The average molecular weight is 437 g/mol. The van der Waals surface area contributed by atoms with Crippen LogP contribution in [0.4, 0.5) is 18.9 Å². The highest BCUT2D eigenvalue weighted by atomic mass is 19.4. The number of alkyl halides is 3. The van der Waals surface area contributed by atoms with Gasteiger partial charge in [0.1, 0.15) is 5.75 Å². The third-order valence-electron chi connectivity index (χ3n) is 4.11. The van der Waals surface area contributed by atoms with Gasteiger partial charge in [0.05, 0.1) is 18.4 Å². The molecular weight excluding hydrogens is 419 g/mol. The van der Waals surface area contributed by atoms with Crippen molar-refractivity contribution in [3.8, 4) is 5.75 Å². The van der Waals surface area contributed by atoms with Crippen molar-refractivity contribution in [2.45, 2.75) is 26.4 Å². The Balaban J connectivity index is 1.67. The number of amides is 1. The summed E-state index contributed by atoms with van der Waals surface area (Å²) in [6.07, 6.45) is -1.57. The summed E-state index contributed by atoms with van der Waals surface area (Å²) in [5.41, 5.74) is -0.717. The summed E-state index contributed by atoms with van der Waals surface area (Å²) in [4.78, 5) is 24.3. The summed E-state index contributed by atoms with van der Waals surface area (Å²) in [7, 11) is 1.20. The fourth-order valence-electron chi connectivity index (χ4n) is 2.57. The van der Waals surface area contributed by atoms with E-state index in [2.05, 4.69) is 20.3 Å². The summed E-state index contributed by atoms with van der Waals surface area (Å²) in [5.74, 6) is -1.31. The van der Waals surface area contributed by atoms with Crippen LogP contribution >= 0.6 is 0 Å². The van der Waals surface area contributed by atoms with Gasteiger partial charge in [0.25, 0.3) is 5.91 Å². The number of nitrogens with one attached hydrogen (secondary N) is 1. The van der Waals surface area contributed by atoms with Crippen LogP contribution in [0.1, 0.15) is 33.5 Å². The highest BCUT2D eigenvalue weighted by molar-refractivity contribution is 6.06. The van der Waals surface area contributed by atoms with Crippen molar-refractivity contribution in [3.63, 3.8) is 0 Å². The Morgan fingerprint density at radius 3 is 2.61 bits per heavy atom. The Morgan fingerprint density at radius 1 is 1.16 bits per heavy atom. The van der Waals surface area contributed by atoms with E-state index in [-0.39, 0.29) is 29.6 Å². The molecule has 0 fully saturated rings. The maximum absolute atomic E-state index is 12.8. The zero-order valence-electron chi connectivity index (χ0n) is 16.5. The van der Waals surface area contributed by atoms with Crippen LogP contribution in [0.2, 0.25) is 0 Å². The molecule has 0 aliphatic heterocycles. The molecule has 1 amide bonds. The first kappa shape index (κ1) is 21.9. The van der Waals surface area contributed by atoms with Gasteiger partial charge in [-0.05, 0) is 31.2 Å². The molecule has 0 bridgehead atoms. The number of carbonyl (C=O) groups is 2. The molecular formula is C19H18F3N5O4. The molecule has 12 heteroatoms. The van der Waals surface area contributed by atoms with E-state index in [1.54, 1.807) is 0 Å². The minimum atomic E-state index is -4.48. The molecule has 0 spiro atoms. The Bertz CT molecular complexity index is 1090. The Morgan fingerprint density at radius 2 is 1.94 bits per heavy atom. The molecule has 2 heterocycles. The van der Waals surface area contributed by atoms with Gasteiger partial charge in [0.15, 0.2) is 18.1 Å². The number of aromatic nitrogens is 4. The third kappa shape index (κ3) is 5.21. The fourth-order valence-corrected chi connectivity index (χ4v) is 2.57.